The van der Waals surface area contributed by atoms with Crippen LogP contribution in [0, 0.1) is 0 Å². The van der Waals surface area contributed by atoms with Crippen LogP contribution in [0.15, 0.2) is 18.2 Å². The number of carboxylic acids is 1. The molecule has 0 amide bonds. The molecule has 1 aromatic heterocycles. The van der Waals surface area contributed by atoms with Crippen molar-refractivity contribution in [1.29, 1.82) is 0 Å². The lowest BCUT2D eigenvalue weighted by molar-refractivity contribution is -0.141. The molecule has 0 saturated heterocycles. The van der Waals surface area contributed by atoms with E-state index in [0.717, 1.165) is 0 Å². The molecule has 6 nitrogen and oxygen atoms in total. The predicted octanol–water partition coefficient (Wildman–Crippen LogP) is 3.62. The number of anilines is 2. The third-order valence-electron chi connectivity index (χ3n) is 2.69. The number of alkyl halides is 3. The van der Waals surface area contributed by atoms with Crippen LogP contribution in [-0.2, 0) is 6.18 Å². The highest BCUT2D eigenvalue weighted by molar-refractivity contribution is 7.17. The summed E-state index contributed by atoms with van der Waals surface area (Å²) in [6, 6.07) is 4.60. The normalized spacial score (nSPS) is 11.2. The van der Waals surface area contributed by atoms with Crippen LogP contribution >= 0.6 is 11.3 Å². The van der Waals surface area contributed by atoms with E-state index in [9.17, 15) is 18.0 Å². The lowest BCUT2D eigenvalue weighted by Crippen LogP contribution is -2.11. The standard InChI is InChI=1S/C13H11F3N2O4S/c1-21-7-3-6(4-8(5-7)22-2)17-12-18-10(13(14,15)16)9(23-12)11(19)20/h3-5H,1-2H3,(H,17,18)(H,19,20). The quantitative estimate of drug-likeness (QED) is 0.859. The maximum atomic E-state index is 12.8. The van der Waals surface area contributed by atoms with Crippen molar-refractivity contribution >= 4 is 28.1 Å². The summed E-state index contributed by atoms with van der Waals surface area (Å²) in [5.41, 5.74) is -1.09. The number of benzene rings is 1. The number of hydrogen-bond donors (Lipinski definition) is 2. The lowest BCUT2D eigenvalue weighted by Gasteiger charge is -2.08. The molecule has 0 radical (unpaired) electrons. The average Bonchev–Trinajstić information content (AvgIpc) is 2.91. The minimum absolute atomic E-state index is 0.204. The first kappa shape index (κ1) is 16.9. The Hall–Kier alpha value is -2.49. The van der Waals surface area contributed by atoms with E-state index in [1.807, 2.05) is 0 Å². The summed E-state index contributed by atoms with van der Waals surface area (Å²) < 4.78 is 48.5. The molecular weight excluding hydrogens is 337 g/mol. The number of thiazole rings is 1. The van der Waals surface area contributed by atoms with E-state index >= 15 is 0 Å². The van der Waals surface area contributed by atoms with Gasteiger partial charge in [-0.2, -0.15) is 13.2 Å². The fourth-order valence-electron chi connectivity index (χ4n) is 1.71. The molecule has 0 fully saturated rings. The van der Waals surface area contributed by atoms with Crippen molar-refractivity contribution < 1.29 is 32.5 Å². The summed E-state index contributed by atoms with van der Waals surface area (Å²) in [5, 5.41) is 11.3. The second-order valence-electron chi connectivity index (χ2n) is 4.23. The molecule has 0 aliphatic rings. The van der Waals surface area contributed by atoms with Crippen LogP contribution in [0.1, 0.15) is 15.4 Å². The summed E-state index contributed by atoms with van der Waals surface area (Å²) in [5.74, 6) is -0.859. The number of aromatic carboxylic acids is 1. The lowest BCUT2D eigenvalue weighted by atomic mass is 10.3. The smallest absolute Gasteiger partial charge is 0.435 e. The molecule has 23 heavy (non-hydrogen) atoms. The average molecular weight is 348 g/mol. The van der Waals surface area contributed by atoms with Gasteiger partial charge in [-0.05, 0) is 0 Å². The van der Waals surface area contributed by atoms with Gasteiger partial charge in [-0.25, -0.2) is 9.78 Å². The molecule has 2 aromatic rings. The molecule has 0 aliphatic heterocycles. The minimum atomic E-state index is -4.85. The summed E-state index contributed by atoms with van der Waals surface area (Å²) >= 11 is 0.393. The van der Waals surface area contributed by atoms with E-state index < -0.39 is 22.7 Å². The van der Waals surface area contributed by atoms with Gasteiger partial charge in [-0.15, -0.1) is 0 Å². The van der Waals surface area contributed by atoms with Gasteiger partial charge in [-0.3, -0.25) is 0 Å². The van der Waals surface area contributed by atoms with E-state index in [0.29, 0.717) is 28.5 Å². The SMILES string of the molecule is COc1cc(Nc2nc(C(F)(F)F)c(C(=O)O)s2)cc(OC)c1. The Balaban J connectivity index is 2.39. The van der Waals surface area contributed by atoms with Crippen molar-refractivity contribution in [2.75, 3.05) is 19.5 Å². The molecule has 0 atom stereocenters. The van der Waals surface area contributed by atoms with Gasteiger partial charge in [0.1, 0.15) is 16.4 Å². The number of carboxylic acid groups (broad SMARTS) is 1. The van der Waals surface area contributed by atoms with Gasteiger partial charge in [0, 0.05) is 23.9 Å². The Morgan fingerprint density at radius 2 is 1.78 bits per heavy atom. The second-order valence-corrected chi connectivity index (χ2v) is 5.23. The number of nitrogens with zero attached hydrogens (tertiary/aromatic N) is 1. The molecule has 2 rings (SSSR count). The largest absolute Gasteiger partial charge is 0.497 e. The topological polar surface area (TPSA) is 80.7 Å². The van der Waals surface area contributed by atoms with E-state index in [-0.39, 0.29) is 5.13 Å². The molecule has 0 saturated carbocycles. The van der Waals surface area contributed by atoms with E-state index in [1.54, 1.807) is 6.07 Å². The van der Waals surface area contributed by atoms with E-state index in [4.69, 9.17) is 14.6 Å². The molecular formula is C13H11F3N2O4S. The zero-order chi connectivity index (χ0) is 17.2. The minimum Gasteiger partial charge on any atom is -0.497 e. The highest BCUT2D eigenvalue weighted by Gasteiger charge is 2.39. The molecule has 0 bridgehead atoms. The first-order valence-electron chi connectivity index (χ1n) is 6.06. The molecule has 2 N–H and O–H groups in total. The van der Waals surface area contributed by atoms with Crippen molar-refractivity contribution in [2.45, 2.75) is 6.18 Å². The third kappa shape index (κ3) is 3.83. The number of nitrogens with one attached hydrogen (secondary N) is 1. The van der Waals surface area contributed by atoms with Crippen molar-refractivity contribution in [2.24, 2.45) is 0 Å². The Morgan fingerprint density at radius 1 is 1.22 bits per heavy atom. The van der Waals surface area contributed by atoms with Crippen LogP contribution in [-0.4, -0.2) is 30.3 Å². The number of methoxy groups -OCH3 is 2. The monoisotopic (exact) mass is 348 g/mol. The zero-order valence-corrected chi connectivity index (χ0v) is 12.7. The Kier molecular flexibility index (Phi) is 4.64. The molecule has 0 aliphatic carbocycles. The maximum Gasteiger partial charge on any atom is 0.435 e. The fourth-order valence-corrected chi connectivity index (χ4v) is 2.56. The van der Waals surface area contributed by atoms with Crippen LogP contribution < -0.4 is 14.8 Å². The highest BCUT2D eigenvalue weighted by Crippen LogP contribution is 2.37. The Morgan fingerprint density at radius 3 is 2.17 bits per heavy atom. The molecule has 0 spiro atoms. The van der Waals surface area contributed by atoms with Crippen molar-refractivity contribution in [3.05, 3.63) is 28.8 Å². The fraction of sp³-hybridized carbons (Fsp3) is 0.231. The second kappa shape index (κ2) is 6.32. The number of aromatic nitrogens is 1. The number of rotatable bonds is 5. The van der Waals surface area contributed by atoms with Crippen molar-refractivity contribution in [3.63, 3.8) is 0 Å². The van der Waals surface area contributed by atoms with Crippen LogP contribution in [0.4, 0.5) is 24.0 Å². The van der Waals surface area contributed by atoms with Gasteiger partial charge in [-0.1, -0.05) is 11.3 Å². The summed E-state index contributed by atoms with van der Waals surface area (Å²) in [6.07, 6.45) is -4.85. The summed E-state index contributed by atoms with van der Waals surface area (Å²) in [7, 11) is 2.85. The Bertz CT molecular complexity index is 708. The van der Waals surface area contributed by atoms with Crippen LogP contribution in [0.3, 0.4) is 0 Å². The number of halogens is 3. The maximum absolute atomic E-state index is 12.8. The summed E-state index contributed by atoms with van der Waals surface area (Å²) in [4.78, 5) is 13.4. The van der Waals surface area contributed by atoms with Gasteiger partial charge in [0.2, 0.25) is 0 Å². The van der Waals surface area contributed by atoms with Gasteiger partial charge in [0.15, 0.2) is 10.8 Å². The van der Waals surface area contributed by atoms with Gasteiger partial charge in [0.05, 0.1) is 14.2 Å². The number of carbonyl (C=O) groups is 1. The molecule has 1 aromatic carbocycles. The van der Waals surface area contributed by atoms with Crippen LogP contribution in [0.2, 0.25) is 0 Å². The number of hydrogen-bond acceptors (Lipinski definition) is 6. The van der Waals surface area contributed by atoms with E-state index in [2.05, 4.69) is 10.3 Å². The van der Waals surface area contributed by atoms with E-state index in [1.165, 1.54) is 26.4 Å². The summed E-state index contributed by atoms with van der Waals surface area (Å²) in [6.45, 7) is 0. The van der Waals surface area contributed by atoms with Crippen LogP contribution in [0.5, 0.6) is 11.5 Å². The van der Waals surface area contributed by atoms with Crippen LogP contribution in [0.25, 0.3) is 0 Å². The predicted molar refractivity (Wildman–Crippen MR) is 76.9 cm³/mol. The molecule has 10 heteroatoms. The molecule has 124 valence electrons. The van der Waals surface area contributed by atoms with Gasteiger partial charge < -0.3 is 19.9 Å². The first-order chi connectivity index (χ1) is 10.7. The first-order valence-corrected chi connectivity index (χ1v) is 6.87. The molecule has 0 unspecified atom stereocenters. The Labute approximate surface area is 132 Å². The van der Waals surface area contributed by atoms with Gasteiger partial charge in [0.25, 0.3) is 0 Å². The molecule has 1 heterocycles. The number of ether oxygens (including phenoxy) is 2. The zero-order valence-electron chi connectivity index (χ0n) is 11.9. The van der Waals surface area contributed by atoms with Crippen molar-refractivity contribution in [3.8, 4) is 11.5 Å². The van der Waals surface area contributed by atoms with Gasteiger partial charge >= 0.3 is 12.1 Å². The third-order valence-corrected chi connectivity index (χ3v) is 3.65. The van der Waals surface area contributed by atoms with Crippen molar-refractivity contribution in [1.82, 2.24) is 4.98 Å². The highest BCUT2D eigenvalue weighted by atomic mass is 32.1.